The molecule has 0 aliphatic rings. The molecule has 1 atom stereocenters. The maximum absolute atomic E-state index is 6.54. The molecule has 0 aliphatic carbocycles. The number of rotatable bonds is 5. The zero-order chi connectivity index (χ0) is 13.0. The Morgan fingerprint density at radius 3 is 2.35 bits per heavy atom. The highest BCUT2D eigenvalue weighted by atomic mass is 79.9. The molecule has 0 heterocycles. The summed E-state index contributed by atoms with van der Waals surface area (Å²) < 4.78 is 6.25. The van der Waals surface area contributed by atoms with Gasteiger partial charge in [-0.05, 0) is 34.0 Å². The summed E-state index contributed by atoms with van der Waals surface area (Å²) >= 11 is 16.1. The van der Waals surface area contributed by atoms with Crippen LogP contribution in [0.5, 0.6) is 5.75 Å². The van der Waals surface area contributed by atoms with Crippen LogP contribution in [-0.2, 0) is 0 Å². The first-order chi connectivity index (χ1) is 8.04. The summed E-state index contributed by atoms with van der Waals surface area (Å²) in [7, 11) is 1.65. The van der Waals surface area contributed by atoms with Crippen molar-refractivity contribution in [3.05, 3.63) is 27.2 Å². The first-order valence-corrected chi connectivity index (χ1v) is 7.32. The van der Waals surface area contributed by atoms with Crippen molar-refractivity contribution in [3.8, 4) is 5.75 Å². The van der Waals surface area contributed by atoms with Crippen molar-refractivity contribution in [2.75, 3.05) is 7.11 Å². The predicted octanol–water partition coefficient (Wildman–Crippen LogP) is 5.83. The van der Waals surface area contributed by atoms with E-state index >= 15 is 0 Å². The van der Waals surface area contributed by atoms with E-state index in [0.29, 0.717) is 10.9 Å². The molecule has 1 nitrogen and oxygen atoms in total. The second-order valence-corrected chi connectivity index (χ2v) is 5.75. The van der Waals surface area contributed by atoms with Crippen molar-refractivity contribution in [1.82, 2.24) is 0 Å². The second-order valence-electron chi connectivity index (χ2n) is 3.99. The fourth-order valence-corrected chi connectivity index (χ4v) is 3.47. The molecular formula is C13H17BrCl2O. The first kappa shape index (κ1) is 15.1. The Kier molecular flexibility index (Phi) is 6.11. The van der Waals surface area contributed by atoms with E-state index in [0.717, 1.165) is 28.6 Å². The summed E-state index contributed by atoms with van der Waals surface area (Å²) in [6, 6.07) is 3.71. The Balaban J connectivity index is 3.19. The highest BCUT2D eigenvalue weighted by Crippen LogP contribution is 2.42. The molecule has 0 aliphatic heterocycles. The van der Waals surface area contributed by atoms with E-state index in [2.05, 4.69) is 29.8 Å². The van der Waals surface area contributed by atoms with Gasteiger partial charge in [-0.2, -0.15) is 0 Å². The van der Waals surface area contributed by atoms with Crippen LogP contribution >= 0.6 is 39.1 Å². The molecular weight excluding hydrogens is 323 g/mol. The van der Waals surface area contributed by atoms with Gasteiger partial charge < -0.3 is 4.74 Å². The molecule has 1 unspecified atom stereocenters. The molecule has 0 fully saturated rings. The largest absolute Gasteiger partial charge is 0.495 e. The Morgan fingerprint density at radius 2 is 1.88 bits per heavy atom. The van der Waals surface area contributed by atoms with Gasteiger partial charge in [0.2, 0.25) is 0 Å². The van der Waals surface area contributed by atoms with Gasteiger partial charge >= 0.3 is 0 Å². The first-order valence-electron chi connectivity index (χ1n) is 5.72. The van der Waals surface area contributed by atoms with Crippen molar-refractivity contribution in [2.24, 2.45) is 5.92 Å². The molecule has 1 aromatic rings. The number of methoxy groups -OCH3 is 1. The molecule has 0 radical (unpaired) electrons. The molecule has 0 saturated heterocycles. The van der Waals surface area contributed by atoms with Crippen LogP contribution in [-0.4, -0.2) is 7.11 Å². The third-order valence-corrected chi connectivity index (χ3v) is 4.40. The second kappa shape index (κ2) is 6.86. The lowest BCUT2D eigenvalue weighted by molar-refractivity contribution is 0.395. The summed E-state index contributed by atoms with van der Waals surface area (Å²) in [6.07, 6.45) is 2.08. The van der Waals surface area contributed by atoms with Crippen molar-refractivity contribution in [1.29, 1.82) is 0 Å². The zero-order valence-electron chi connectivity index (χ0n) is 10.3. The van der Waals surface area contributed by atoms with E-state index in [1.54, 1.807) is 7.11 Å². The number of halogens is 3. The number of hydrogen-bond donors (Lipinski definition) is 0. The molecule has 0 bridgehead atoms. The molecule has 0 N–H and O–H groups in total. The minimum absolute atomic E-state index is 0.0741. The summed E-state index contributed by atoms with van der Waals surface area (Å²) in [5, 5.41) is 0.597. The van der Waals surface area contributed by atoms with E-state index < -0.39 is 0 Å². The van der Waals surface area contributed by atoms with E-state index in [-0.39, 0.29) is 5.38 Å². The zero-order valence-corrected chi connectivity index (χ0v) is 13.4. The summed E-state index contributed by atoms with van der Waals surface area (Å²) in [6.45, 7) is 4.30. The Morgan fingerprint density at radius 1 is 1.29 bits per heavy atom. The SMILES string of the molecule is CCC(CC)C(Cl)c1cc(Cl)cc(Br)c1OC. The minimum Gasteiger partial charge on any atom is -0.495 e. The van der Waals surface area contributed by atoms with Gasteiger partial charge in [0.25, 0.3) is 0 Å². The smallest absolute Gasteiger partial charge is 0.137 e. The predicted molar refractivity (Wildman–Crippen MR) is 78.4 cm³/mol. The average molecular weight is 340 g/mol. The third-order valence-electron chi connectivity index (χ3n) is 3.00. The van der Waals surface area contributed by atoms with Gasteiger partial charge in [0.05, 0.1) is 17.0 Å². The lowest BCUT2D eigenvalue weighted by atomic mass is 9.93. The summed E-state index contributed by atoms with van der Waals surface area (Å²) in [5.74, 6) is 1.21. The molecule has 0 aromatic heterocycles. The lowest BCUT2D eigenvalue weighted by Gasteiger charge is -2.22. The van der Waals surface area contributed by atoms with Crippen LogP contribution in [0.2, 0.25) is 5.02 Å². The van der Waals surface area contributed by atoms with Crippen LogP contribution < -0.4 is 4.74 Å². The van der Waals surface area contributed by atoms with Crippen LogP contribution in [0.4, 0.5) is 0 Å². The standard InChI is InChI=1S/C13H17BrCl2O/c1-4-8(5-2)12(16)10-6-9(15)7-11(14)13(10)17-3/h6-8,12H,4-5H2,1-3H3. The number of alkyl halides is 1. The number of hydrogen-bond acceptors (Lipinski definition) is 1. The van der Waals surface area contributed by atoms with Crippen molar-refractivity contribution in [3.63, 3.8) is 0 Å². The van der Waals surface area contributed by atoms with Gasteiger partial charge in [0.1, 0.15) is 5.75 Å². The van der Waals surface area contributed by atoms with Crippen molar-refractivity contribution in [2.45, 2.75) is 32.1 Å². The Labute approximate surface area is 122 Å². The van der Waals surface area contributed by atoms with Crippen LogP contribution in [0, 0.1) is 5.92 Å². The van der Waals surface area contributed by atoms with Gasteiger partial charge in [0, 0.05) is 10.6 Å². The maximum atomic E-state index is 6.54. The van der Waals surface area contributed by atoms with E-state index in [1.807, 2.05) is 12.1 Å². The molecule has 1 aromatic carbocycles. The summed E-state index contributed by atoms with van der Waals surface area (Å²) in [4.78, 5) is 0. The van der Waals surface area contributed by atoms with E-state index in [4.69, 9.17) is 27.9 Å². The van der Waals surface area contributed by atoms with Crippen LogP contribution in [0.15, 0.2) is 16.6 Å². The fraction of sp³-hybridized carbons (Fsp3) is 0.538. The molecule has 4 heteroatoms. The average Bonchev–Trinajstić information content (AvgIpc) is 2.29. The van der Waals surface area contributed by atoms with Gasteiger partial charge in [-0.15, -0.1) is 11.6 Å². The van der Waals surface area contributed by atoms with E-state index in [1.165, 1.54) is 0 Å². The topological polar surface area (TPSA) is 9.23 Å². The molecule has 96 valence electrons. The highest BCUT2D eigenvalue weighted by Gasteiger charge is 2.23. The van der Waals surface area contributed by atoms with Gasteiger partial charge in [0.15, 0.2) is 0 Å². The normalized spacial score (nSPS) is 12.9. The molecule has 1 rings (SSSR count). The molecule has 0 saturated carbocycles. The Bertz CT molecular complexity index is 378. The number of benzene rings is 1. The van der Waals surface area contributed by atoms with Crippen LogP contribution in [0.25, 0.3) is 0 Å². The van der Waals surface area contributed by atoms with Crippen LogP contribution in [0.1, 0.15) is 37.6 Å². The van der Waals surface area contributed by atoms with Gasteiger partial charge in [-0.3, -0.25) is 0 Å². The monoisotopic (exact) mass is 338 g/mol. The van der Waals surface area contributed by atoms with Crippen LogP contribution in [0.3, 0.4) is 0 Å². The van der Waals surface area contributed by atoms with Gasteiger partial charge in [-0.1, -0.05) is 38.3 Å². The lowest BCUT2D eigenvalue weighted by Crippen LogP contribution is -2.07. The van der Waals surface area contributed by atoms with Crippen molar-refractivity contribution < 1.29 is 4.74 Å². The van der Waals surface area contributed by atoms with Gasteiger partial charge in [-0.25, -0.2) is 0 Å². The number of ether oxygens (including phenoxy) is 1. The fourth-order valence-electron chi connectivity index (χ4n) is 1.96. The van der Waals surface area contributed by atoms with Crippen molar-refractivity contribution >= 4 is 39.1 Å². The maximum Gasteiger partial charge on any atom is 0.137 e. The molecule has 0 spiro atoms. The minimum atomic E-state index is -0.0741. The third kappa shape index (κ3) is 3.52. The summed E-state index contributed by atoms with van der Waals surface area (Å²) in [5.41, 5.74) is 0.960. The van der Waals surface area contributed by atoms with E-state index in [9.17, 15) is 0 Å². The quantitative estimate of drug-likeness (QED) is 0.613. The molecule has 17 heavy (non-hydrogen) atoms. The highest BCUT2D eigenvalue weighted by molar-refractivity contribution is 9.10. The molecule has 0 amide bonds. The Hall–Kier alpha value is 0.0800.